The fourth-order valence-corrected chi connectivity index (χ4v) is 8.33. The third-order valence-corrected chi connectivity index (χ3v) is 10.4. The Balaban J connectivity index is 1.42. The standard InChI is InChI=1S/C42H47BrN2O5/c1-7-49-35-20-28(19-30(43)40(35)50-25-36(48)44-29-15-11-12-26(2)18-29)37-38-31(21-41(3,4)23-33(38)46)45(17-16-27-13-9-8-10-14-27)32-22-42(5,6)24-34(47)39(32)37/h8-15,18-20,37H,7,16-17,21-25H2,1-6H3,(H,44,48). The van der Waals surface area contributed by atoms with Crippen molar-refractivity contribution in [2.24, 2.45) is 10.8 Å². The van der Waals surface area contributed by atoms with E-state index in [4.69, 9.17) is 9.47 Å². The first-order valence-corrected chi connectivity index (χ1v) is 18.3. The average molecular weight is 740 g/mol. The molecule has 1 heterocycles. The molecular weight excluding hydrogens is 692 g/mol. The van der Waals surface area contributed by atoms with Crippen LogP contribution in [0.25, 0.3) is 0 Å². The second kappa shape index (κ2) is 14.2. The van der Waals surface area contributed by atoms with Crippen LogP contribution < -0.4 is 14.8 Å². The Morgan fingerprint density at radius 1 is 0.860 bits per heavy atom. The Kier molecular flexibility index (Phi) is 10.1. The number of nitrogens with one attached hydrogen (secondary N) is 1. The largest absolute Gasteiger partial charge is 0.490 e. The minimum Gasteiger partial charge on any atom is -0.490 e. The van der Waals surface area contributed by atoms with Gasteiger partial charge in [-0.25, -0.2) is 0 Å². The summed E-state index contributed by atoms with van der Waals surface area (Å²) in [5.41, 5.74) is 6.79. The number of rotatable bonds is 10. The number of aryl methyl sites for hydroxylation is 1. The van der Waals surface area contributed by atoms with Crippen LogP contribution in [0.1, 0.15) is 82.9 Å². The van der Waals surface area contributed by atoms with Gasteiger partial charge in [-0.15, -0.1) is 0 Å². The lowest BCUT2D eigenvalue weighted by Crippen LogP contribution is -2.45. The van der Waals surface area contributed by atoms with Gasteiger partial charge in [0.25, 0.3) is 5.91 Å². The molecule has 8 heteroatoms. The van der Waals surface area contributed by atoms with Gasteiger partial charge in [0.05, 0.1) is 11.1 Å². The second-order valence-corrected chi connectivity index (χ2v) is 16.2. The van der Waals surface area contributed by atoms with E-state index in [0.29, 0.717) is 58.8 Å². The number of Topliss-reactive ketones (excluding diaryl/α,β-unsaturated/α-hetero) is 2. The highest BCUT2D eigenvalue weighted by Gasteiger charge is 2.49. The van der Waals surface area contributed by atoms with E-state index in [9.17, 15) is 14.4 Å². The molecule has 3 aliphatic rings. The average Bonchev–Trinajstić information content (AvgIpc) is 3.02. The van der Waals surface area contributed by atoms with Crippen LogP contribution in [-0.2, 0) is 20.8 Å². The molecule has 0 spiro atoms. The van der Waals surface area contributed by atoms with Crippen molar-refractivity contribution in [1.29, 1.82) is 0 Å². The van der Waals surface area contributed by atoms with E-state index in [-0.39, 0.29) is 34.9 Å². The number of allylic oxidation sites excluding steroid dienone is 4. The highest BCUT2D eigenvalue weighted by atomic mass is 79.9. The van der Waals surface area contributed by atoms with E-state index >= 15 is 0 Å². The van der Waals surface area contributed by atoms with Gasteiger partial charge in [0.15, 0.2) is 29.7 Å². The van der Waals surface area contributed by atoms with Crippen LogP contribution in [0.4, 0.5) is 5.69 Å². The third-order valence-electron chi connectivity index (χ3n) is 9.80. The van der Waals surface area contributed by atoms with Gasteiger partial charge in [-0.05, 0) is 101 Å². The molecule has 1 amide bonds. The molecule has 2 aliphatic carbocycles. The summed E-state index contributed by atoms with van der Waals surface area (Å²) in [6.07, 6.45) is 3.09. The van der Waals surface area contributed by atoms with Gasteiger partial charge >= 0.3 is 0 Å². The van der Waals surface area contributed by atoms with Crippen LogP contribution in [0.15, 0.2) is 93.7 Å². The molecule has 0 aromatic heterocycles. The van der Waals surface area contributed by atoms with Crippen LogP contribution >= 0.6 is 15.9 Å². The maximum absolute atomic E-state index is 14.3. The summed E-state index contributed by atoms with van der Waals surface area (Å²) in [6, 6.07) is 21.8. The Morgan fingerprint density at radius 3 is 2.10 bits per heavy atom. The van der Waals surface area contributed by atoms with E-state index < -0.39 is 5.92 Å². The van der Waals surface area contributed by atoms with Crippen LogP contribution in [0.3, 0.4) is 0 Å². The molecule has 0 saturated heterocycles. The normalized spacial score (nSPS) is 18.5. The zero-order valence-electron chi connectivity index (χ0n) is 30.0. The molecule has 3 aromatic rings. The van der Waals surface area contributed by atoms with E-state index in [1.165, 1.54) is 5.56 Å². The topological polar surface area (TPSA) is 84.9 Å². The quantitative estimate of drug-likeness (QED) is 0.223. The molecule has 0 fully saturated rings. The molecule has 0 saturated carbocycles. The van der Waals surface area contributed by atoms with Gasteiger partial charge in [-0.3, -0.25) is 14.4 Å². The number of ketones is 2. The summed E-state index contributed by atoms with van der Waals surface area (Å²) in [5.74, 6) is 0.172. The number of benzene rings is 3. The van der Waals surface area contributed by atoms with Crippen LogP contribution in [0, 0.1) is 17.8 Å². The summed E-state index contributed by atoms with van der Waals surface area (Å²) in [7, 11) is 0. The van der Waals surface area contributed by atoms with Crippen molar-refractivity contribution in [3.8, 4) is 11.5 Å². The molecule has 0 bridgehead atoms. The molecule has 262 valence electrons. The van der Waals surface area contributed by atoms with Gasteiger partial charge in [0, 0.05) is 53.5 Å². The zero-order chi connectivity index (χ0) is 35.8. The summed E-state index contributed by atoms with van der Waals surface area (Å²) in [4.78, 5) is 43.9. The number of carbonyl (C=O) groups is 3. The summed E-state index contributed by atoms with van der Waals surface area (Å²) >= 11 is 3.72. The minimum absolute atomic E-state index is 0.0809. The lowest BCUT2D eigenvalue weighted by atomic mass is 9.63. The number of ether oxygens (including phenoxy) is 2. The fourth-order valence-electron chi connectivity index (χ4n) is 7.75. The van der Waals surface area contributed by atoms with Crippen molar-refractivity contribution < 1.29 is 23.9 Å². The number of carbonyl (C=O) groups excluding carboxylic acids is 3. The molecular formula is C42H47BrN2O5. The van der Waals surface area contributed by atoms with Crippen molar-refractivity contribution in [2.75, 3.05) is 25.1 Å². The number of halogens is 1. The summed E-state index contributed by atoms with van der Waals surface area (Å²) in [5, 5.41) is 2.89. The minimum atomic E-state index is -0.533. The first-order chi connectivity index (χ1) is 23.7. The Morgan fingerprint density at radius 2 is 1.50 bits per heavy atom. The summed E-state index contributed by atoms with van der Waals surface area (Å²) < 4.78 is 12.8. The van der Waals surface area contributed by atoms with Crippen LogP contribution in [0.2, 0.25) is 0 Å². The monoisotopic (exact) mass is 738 g/mol. The molecule has 50 heavy (non-hydrogen) atoms. The fraction of sp³-hybridized carbons (Fsp3) is 0.405. The Bertz CT molecular complexity index is 1840. The first-order valence-electron chi connectivity index (χ1n) is 17.5. The summed E-state index contributed by atoms with van der Waals surface area (Å²) in [6.45, 7) is 13.3. The van der Waals surface area contributed by atoms with E-state index in [2.05, 4.69) is 78.1 Å². The van der Waals surface area contributed by atoms with Crippen molar-refractivity contribution in [3.63, 3.8) is 0 Å². The molecule has 1 N–H and O–H groups in total. The highest BCUT2D eigenvalue weighted by molar-refractivity contribution is 9.10. The zero-order valence-corrected chi connectivity index (χ0v) is 31.5. The van der Waals surface area contributed by atoms with Crippen molar-refractivity contribution in [2.45, 2.75) is 79.6 Å². The van der Waals surface area contributed by atoms with E-state index in [1.807, 2.05) is 56.3 Å². The number of anilines is 1. The molecule has 0 unspecified atom stereocenters. The predicted molar refractivity (Wildman–Crippen MR) is 200 cm³/mol. The first kappa shape index (κ1) is 35.6. The van der Waals surface area contributed by atoms with Crippen molar-refractivity contribution in [1.82, 2.24) is 4.90 Å². The second-order valence-electron chi connectivity index (χ2n) is 15.4. The molecule has 1 aliphatic heterocycles. The maximum atomic E-state index is 14.3. The third kappa shape index (κ3) is 7.60. The SMILES string of the molecule is CCOc1cc(C2C3=C(CC(C)(C)CC3=O)N(CCc3ccccc3)C3=C2C(=O)CC(C)(C)C3)cc(Br)c1OCC(=O)Nc1cccc(C)c1. The smallest absolute Gasteiger partial charge is 0.262 e. The number of hydrogen-bond acceptors (Lipinski definition) is 6. The molecule has 0 atom stereocenters. The van der Waals surface area contributed by atoms with Gasteiger partial charge in [-0.1, -0.05) is 70.2 Å². The van der Waals surface area contributed by atoms with E-state index in [0.717, 1.165) is 41.8 Å². The Labute approximate surface area is 304 Å². The molecule has 7 nitrogen and oxygen atoms in total. The highest BCUT2D eigenvalue weighted by Crippen LogP contribution is 2.55. The maximum Gasteiger partial charge on any atom is 0.262 e. The van der Waals surface area contributed by atoms with Gasteiger partial charge in [0.2, 0.25) is 0 Å². The number of amides is 1. The number of nitrogens with zero attached hydrogens (tertiary/aromatic N) is 1. The van der Waals surface area contributed by atoms with Crippen LogP contribution in [-0.4, -0.2) is 42.1 Å². The van der Waals surface area contributed by atoms with Gasteiger partial charge < -0.3 is 19.7 Å². The lowest BCUT2D eigenvalue weighted by molar-refractivity contribution is -0.120. The predicted octanol–water partition coefficient (Wildman–Crippen LogP) is 9.10. The Hall–Kier alpha value is -4.17. The molecule has 3 aromatic carbocycles. The van der Waals surface area contributed by atoms with Crippen LogP contribution in [0.5, 0.6) is 11.5 Å². The van der Waals surface area contributed by atoms with Gasteiger partial charge in [-0.2, -0.15) is 0 Å². The van der Waals surface area contributed by atoms with Crippen molar-refractivity contribution in [3.05, 3.63) is 110 Å². The molecule has 6 rings (SSSR count). The molecule has 0 radical (unpaired) electrons. The lowest BCUT2D eigenvalue weighted by Gasteiger charge is -2.49. The van der Waals surface area contributed by atoms with E-state index in [1.54, 1.807) is 0 Å². The van der Waals surface area contributed by atoms with Crippen molar-refractivity contribution >= 4 is 39.1 Å². The number of hydrogen-bond donors (Lipinski definition) is 1. The van der Waals surface area contributed by atoms with Gasteiger partial charge in [0.1, 0.15) is 0 Å².